The monoisotopic (exact) mass is 282 g/mol. The van der Waals surface area contributed by atoms with Gasteiger partial charge in [-0.25, -0.2) is 4.79 Å². The van der Waals surface area contributed by atoms with E-state index in [9.17, 15) is 4.79 Å². The maximum Gasteiger partial charge on any atom is 0.377 e. The molecule has 16 heavy (non-hydrogen) atoms. The van der Waals surface area contributed by atoms with Crippen LogP contribution in [-0.4, -0.2) is 21.2 Å². The van der Waals surface area contributed by atoms with Gasteiger partial charge in [-0.15, -0.1) is 0 Å². The Hall–Kier alpha value is -1.69. The van der Waals surface area contributed by atoms with Gasteiger partial charge in [-0.1, -0.05) is 6.07 Å². The molecule has 5 nitrogen and oxygen atoms in total. The van der Waals surface area contributed by atoms with E-state index in [4.69, 9.17) is 9.63 Å². The molecule has 0 saturated heterocycles. The number of carboxylic acid groups (broad SMARTS) is 1. The predicted molar refractivity (Wildman–Crippen MR) is 59.1 cm³/mol. The molecular weight excluding hydrogens is 276 g/mol. The van der Waals surface area contributed by atoms with E-state index in [1.165, 1.54) is 0 Å². The fourth-order valence-electron chi connectivity index (χ4n) is 1.21. The third-order valence-corrected chi connectivity index (χ3v) is 2.63. The molecule has 0 aliphatic heterocycles. The number of rotatable bonds is 2. The van der Waals surface area contributed by atoms with E-state index in [1.54, 1.807) is 6.07 Å². The zero-order chi connectivity index (χ0) is 11.7. The van der Waals surface area contributed by atoms with Gasteiger partial charge in [-0.3, -0.25) is 0 Å². The second-order valence-electron chi connectivity index (χ2n) is 3.21. The van der Waals surface area contributed by atoms with E-state index >= 15 is 0 Å². The van der Waals surface area contributed by atoms with E-state index in [1.807, 2.05) is 19.1 Å². The average molecular weight is 283 g/mol. The zero-order valence-corrected chi connectivity index (χ0v) is 9.85. The summed E-state index contributed by atoms with van der Waals surface area (Å²) in [6.07, 6.45) is 0. The first kappa shape index (κ1) is 10.8. The number of aromatic carboxylic acids is 1. The first-order valence-electron chi connectivity index (χ1n) is 4.41. The minimum Gasteiger partial charge on any atom is -0.475 e. The van der Waals surface area contributed by atoms with Crippen molar-refractivity contribution in [2.75, 3.05) is 0 Å². The van der Waals surface area contributed by atoms with Gasteiger partial charge in [0.2, 0.25) is 0 Å². The molecule has 1 heterocycles. The molecule has 0 fully saturated rings. The molecule has 82 valence electrons. The molecule has 0 aliphatic carbocycles. The minimum atomic E-state index is -1.21. The van der Waals surface area contributed by atoms with Gasteiger partial charge in [-0.05, 0) is 45.7 Å². The Bertz CT molecular complexity index is 551. The summed E-state index contributed by atoms with van der Waals surface area (Å²) in [5, 5.41) is 12.0. The molecule has 0 unspecified atom stereocenters. The van der Waals surface area contributed by atoms with Gasteiger partial charge in [0.05, 0.1) is 5.56 Å². The van der Waals surface area contributed by atoms with E-state index in [-0.39, 0.29) is 11.7 Å². The molecule has 0 amide bonds. The highest BCUT2D eigenvalue weighted by molar-refractivity contribution is 9.10. The van der Waals surface area contributed by atoms with Gasteiger partial charge in [0, 0.05) is 4.47 Å². The zero-order valence-electron chi connectivity index (χ0n) is 8.27. The van der Waals surface area contributed by atoms with Crippen LogP contribution < -0.4 is 0 Å². The highest BCUT2D eigenvalue weighted by atomic mass is 79.9. The standard InChI is InChI=1S/C10H7BrN2O3/c1-5-2-3-6(7(11)4-5)9-12-8(10(14)15)13-16-9/h2-4H,1H3,(H,14,15). The first-order valence-corrected chi connectivity index (χ1v) is 5.21. The number of nitrogens with zero attached hydrogens (tertiary/aromatic N) is 2. The molecule has 1 aromatic heterocycles. The Morgan fingerprint density at radius 3 is 2.81 bits per heavy atom. The molecular formula is C10H7BrN2O3. The van der Waals surface area contributed by atoms with E-state index in [0.717, 1.165) is 10.0 Å². The van der Waals surface area contributed by atoms with E-state index < -0.39 is 5.97 Å². The van der Waals surface area contributed by atoms with Gasteiger partial charge in [0.25, 0.3) is 11.7 Å². The van der Waals surface area contributed by atoms with Crippen LogP contribution in [0.1, 0.15) is 16.2 Å². The topological polar surface area (TPSA) is 76.2 Å². The Morgan fingerprint density at radius 1 is 1.50 bits per heavy atom. The number of carbonyl (C=O) groups is 1. The van der Waals surface area contributed by atoms with Crippen molar-refractivity contribution in [2.45, 2.75) is 6.92 Å². The second kappa shape index (κ2) is 4.05. The fourth-order valence-corrected chi connectivity index (χ4v) is 1.88. The summed E-state index contributed by atoms with van der Waals surface area (Å²) >= 11 is 3.35. The number of halogens is 1. The Balaban J connectivity index is 2.46. The van der Waals surface area contributed by atoms with Crippen LogP contribution in [0, 0.1) is 6.92 Å². The Labute approximate surface area is 99.2 Å². The summed E-state index contributed by atoms with van der Waals surface area (Å²) in [4.78, 5) is 14.4. The van der Waals surface area contributed by atoms with Crippen molar-refractivity contribution >= 4 is 21.9 Å². The van der Waals surface area contributed by atoms with Gasteiger partial charge in [-0.2, -0.15) is 4.98 Å². The molecule has 0 radical (unpaired) electrons. The van der Waals surface area contributed by atoms with Crippen molar-refractivity contribution < 1.29 is 14.4 Å². The number of benzene rings is 1. The van der Waals surface area contributed by atoms with Crippen LogP contribution in [0.25, 0.3) is 11.5 Å². The number of aryl methyl sites for hydroxylation is 1. The summed E-state index contributed by atoms with van der Waals surface area (Å²) in [6, 6.07) is 5.56. The van der Waals surface area contributed by atoms with Crippen LogP contribution in [0.2, 0.25) is 0 Å². The van der Waals surface area contributed by atoms with Crippen LogP contribution >= 0.6 is 15.9 Å². The third-order valence-electron chi connectivity index (χ3n) is 1.97. The van der Waals surface area contributed by atoms with E-state index in [0.29, 0.717) is 5.56 Å². The SMILES string of the molecule is Cc1ccc(-c2nc(C(=O)O)no2)c(Br)c1. The maximum absolute atomic E-state index is 10.6. The molecule has 0 aliphatic rings. The molecule has 0 bridgehead atoms. The van der Waals surface area contributed by atoms with Crippen molar-refractivity contribution in [1.29, 1.82) is 0 Å². The molecule has 6 heteroatoms. The molecule has 2 rings (SSSR count). The molecule has 1 aromatic carbocycles. The van der Waals surface area contributed by atoms with Gasteiger partial charge < -0.3 is 9.63 Å². The van der Waals surface area contributed by atoms with Crippen LogP contribution in [-0.2, 0) is 0 Å². The smallest absolute Gasteiger partial charge is 0.377 e. The van der Waals surface area contributed by atoms with Gasteiger partial charge >= 0.3 is 5.97 Å². The quantitative estimate of drug-likeness (QED) is 0.916. The summed E-state index contributed by atoms with van der Waals surface area (Å²) in [5.41, 5.74) is 1.75. The lowest BCUT2D eigenvalue weighted by Crippen LogP contribution is -1.98. The molecule has 2 aromatic rings. The summed E-state index contributed by atoms with van der Waals surface area (Å²) in [6.45, 7) is 1.95. The first-order chi connectivity index (χ1) is 7.58. The summed E-state index contributed by atoms with van der Waals surface area (Å²) < 4.78 is 5.65. The highest BCUT2D eigenvalue weighted by Gasteiger charge is 2.15. The van der Waals surface area contributed by atoms with Gasteiger partial charge in [0.1, 0.15) is 0 Å². The van der Waals surface area contributed by atoms with Crippen LogP contribution in [0.15, 0.2) is 27.2 Å². The lowest BCUT2D eigenvalue weighted by molar-refractivity contribution is 0.0680. The number of hydrogen-bond acceptors (Lipinski definition) is 4. The van der Waals surface area contributed by atoms with Crippen molar-refractivity contribution in [3.05, 3.63) is 34.1 Å². The normalized spacial score (nSPS) is 10.4. The Kier molecular flexibility index (Phi) is 2.74. The lowest BCUT2D eigenvalue weighted by Gasteiger charge is -1.99. The second-order valence-corrected chi connectivity index (χ2v) is 4.07. The molecule has 0 atom stereocenters. The van der Waals surface area contributed by atoms with Crippen molar-refractivity contribution in [3.63, 3.8) is 0 Å². The fraction of sp³-hybridized carbons (Fsp3) is 0.100. The van der Waals surface area contributed by atoms with Crippen molar-refractivity contribution in [1.82, 2.24) is 10.1 Å². The molecule has 0 spiro atoms. The highest BCUT2D eigenvalue weighted by Crippen LogP contribution is 2.27. The largest absolute Gasteiger partial charge is 0.475 e. The van der Waals surface area contributed by atoms with Crippen LogP contribution in [0.3, 0.4) is 0 Å². The average Bonchev–Trinajstić information content (AvgIpc) is 2.66. The molecule has 0 saturated carbocycles. The van der Waals surface area contributed by atoms with Crippen molar-refractivity contribution in [3.8, 4) is 11.5 Å². The van der Waals surface area contributed by atoms with Crippen LogP contribution in [0.5, 0.6) is 0 Å². The summed E-state index contributed by atoms with van der Waals surface area (Å²) in [7, 11) is 0. The molecule has 1 N–H and O–H groups in total. The minimum absolute atomic E-state index is 0.185. The van der Waals surface area contributed by atoms with Crippen molar-refractivity contribution in [2.24, 2.45) is 0 Å². The lowest BCUT2D eigenvalue weighted by atomic mass is 10.1. The number of aromatic nitrogens is 2. The maximum atomic E-state index is 10.6. The van der Waals surface area contributed by atoms with Gasteiger partial charge in [0.15, 0.2) is 0 Å². The summed E-state index contributed by atoms with van der Waals surface area (Å²) in [5.74, 6) is -1.37. The number of carboxylic acids is 1. The predicted octanol–water partition coefficient (Wildman–Crippen LogP) is 2.51. The van der Waals surface area contributed by atoms with E-state index in [2.05, 4.69) is 26.1 Å². The Morgan fingerprint density at radius 2 is 2.25 bits per heavy atom. The third kappa shape index (κ3) is 1.96. The number of hydrogen-bond donors (Lipinski definition) is 1. The van der Waals surface area contributed by atoms with Crippen LogP contribution in [0.4, 0.5) is 0 Å².